The van der Waals surface area contributed by atoms with Crippen molar-refractivity contribution in [1.29, 1.82) is 0 Å². The van der Waals surface area contributed by atoms with E-state index in [1.54, 1.807) is 0 Å². The Bertz CT molecular complexity index is 469. The zero-order valence-corrected chi connectivity index (χ0v) is 18.1. The van der Waals surface area contributed by atoms with Gasteiger partial charge in [0, 0.05) is 3.57 Å². The average Bonchev–Trinajstić information content (AvgIpc) is 2.58. The number of aliphatic carboxylic acids is 1. The number of rotatable bonds is 14. The van der Waals surface area contributed by atoms with Crippen molar-refractivity contribution in [2.24, 2.45) is 5.92 Å². The molecule has 0 radical (unpaired) electrons. The quantitative estimate of drug-likeness (QED) is 0.235. The molecule has 0 aliphatic rings. The van der Waals surface area contributed by atoms with Crippen LogP contribution in [0, 0.1) is 9.49 Å². The van der Waals surface area contributed by atoms with Crippen LogP contribution in [0.25, 0.3) is 0 Å². The minimum absolute atomic E-state index is 0.187. The number of hydrogen-bond donors (Lipinski definition) is 1. The van der Waals surface area contributed by atoms with E-state index in [4.69, 9.17) is 0 Å². The van der Waals surface area contributed by atoms with Crippen LogP contribution in [0.4, 0.5) is 0 Å². The summed E-state index contributed by atoms with van der Waals surface area (Å²) in [4.78, 5) is 11.7. The highest BCUT2D eigenvalue weighted by atomic mass is 123. The second kappa shape index (κ2) is 13.6. The van der Waals surface area contributed by atoms with Crippen molar-refractivity contribution >= 4 is 28.6 Å². The van der Waals surface area contributed by atoms with Crippen LogP contribution < -0.4 is 0 Å². The molecule has 1 aromatic rings. The molecule has 0 spiro atoms. The molecule has 0 aliphatic heterocycles. The molecule has 3 heteroatoms. The Morgan fingerprint density at radius 1 is 0.920 bits per heavy atom. The van der Waals surface area contributed by atoms with Gasteiger partial charge in [0.25, 0.3) is 0 Å². The highest BCUT2D eigenvalue weighted by molar-refractivity contribution is 14.1. The van der Waals surface area contributed by atoms with Crippen LogP contribution in [-0.2, 0) is 4.79 Å². The molecule has 1 aromatic carbocycles. The fraction of sp³-hybridized carbons (Fsp3) is 0.682. The predicted molar refractivity (Wildman–Crippen MR) is 115 cm³/mol. The second-order valence-electron chi connectivity index (χ2n) is 7.32. The summed E-state index contributed by atoms with van der Waals surface area (Å²) in [5.41, 5.74) is 0.937. The highest BCUT2D eigenvalue weighted by Crippen LogP contribution is 2.29. The minimum Gasteiger partial charge on any atom is -0.481 e. The standard InChI is InChI=1S/C22H35IO2/c1-3-4-5-6-7-8-9-10-11-12-13-18(2)21(22(24)25)19-14-16-20(23)17-15-19/h14-18,21H,3-13H2,1-2H3,(H,24,25)/i23-4. The predicted octanol–water partition coefficient (Wildman–Crippen LogP) is 7.41. The van der Waals surface area contributed by atoms with Crippen LogP contribution in [0.15, 0.2) is 24.3 Å². The van der Waals surface area contributed by atoms with E-state index in [0.717, 1.165) is 22.0 Å². The fourth-order valence-electron chi connectivity index (χ4n) is 3.51. The third-order valence-electron chi connectivity index (χ3n) is 5.08. The zero-order chi connectivity index (χ0) is 18.5. The lowest BCUT2D eigenvalue weighted by atomic mass is 9.84. The van der Waals surface area contributed by atoms with Gasteiger partial charge in [-0.2, -0.15) is 0 Å². The lowest BCUT2D eigenvalue weighted by Gasteiger charge is -2.20. The van der Waals surface area contributed by atoms with Crippen LogP contribution in [0.5, 0.6) is 0 Å². The Morgan fingerprint density at radius 2 is 1.40 bits per heavy atom. The van der Waals surface area contributed by atoms with Crippen LogP contribution in [0.3, 0.4) is 0 Å². The molecule has 0 heterocycles. The van der Waals surface area contributed by atoms with Gasteiger partial charge in [0.15, 0.2) is 0 Å². The van der Waals surface area contributed by atoms with E-state index in [1.165, 1.54) is 57.8 Å². The molecule has 0 aromatic heterocycles. The summed E-state index contributed by atoms with van der Waals surface area (Å²) in [5, 5.41) is 9.63. The molecule has 25 heavy (non-hydrogen) atoms. The Labute approximate surface area is 167 Å². The van der Waals surface area contributed by atoms with Crippen molar-refractivity contribution in [1.82, 2.24) is 0 Å². The molecule has 142 valence electrons. The highest BCUT2D eigenvalue weighted by Gasteiger charge is 2.26. The summed E-state index contributed by atoms with van der Waals surface area (Å²) in [6.07, 6.45) is 14.2. The zero-order valence-electron chi connectivity index (χ0n) is 16.0. The van der Waals surface area contributed by atoms with E-state index in [2.05, 4.69) is 36.4 Å². The number of benzene rings is 1. The second-order valence-corrected chi connectivity index (χ2v) is 8.56. The van der Waals surface area contributed by atoms with Gasteiger partial charge in [-0.15, -0.1) is 0 Å². The average molecular weight is 454 g/mol. The molecule has 0 amide bonds. The lowest BCUT2D eigenvalue weighted by Crippen LogP contribution is -2.19. The van der Waals surface area contributed by atoms with Gasteiger partial charge in [-0.05, 0) is 52.6 Å². The summed E-state index contributed by atoms with van der Waals surface area (Å²) in [5.74, 6) is -0.886. The smallest absolute Gasteiger partial charge is 0.311 e. The maximum atomic E-state index is 11.7. The van der Waals surface area contributed by atoms with E-state index in [9.17, 15) is 9.90 Å². The van der Waals surface area contributed by atoms with Gasteiger partial charge in [-0.3, -0.25) is 4.79 Å². The molecular formula is C22H35IO2. The number of halogens is 1. The van der Waals surface area contributed by atoms with Crippen molar-refractivity contribution < 1.29 is 9.90 Å². The van der Waals surface area contributed by atoms with Gasteiger partial charge < -0.3 is 5.11 Å². The number of unbranched alkanes of at least 4 members (excludes halogenated alkanes) is 9. The van der Waals surface area contributed by atoms with Crippen LogP contribution >= 0.6 is 22.6 Å². The van der Waals surface area contributed by atoms with Crippen LogP contribution in [0.2, 0.25) is 0 Å². The van der Waals surface area contributed by atoms with Crippen LogP contribution in [-0.4, -0.2) is 11.1 Å². The van der Waals surface area contributed by atoms with E-state index in [-0.39, 0.29) is 11.8 Å². The largest absolute Gasteiger partial charge is 0.481 e. The molecule has 0 bridgehead atoms. The normalized spacial score (nSPS) is 13.6. The van der Waals surface area contributed by atoms with Crippen molar-refractivity contribution in [2.75, 3.05) is 0 Å². The first kappa shape index (κ1) is 22.5. The van der Waals surface area contributed by atoms with E-state index < -0.39 is 5.97 Å². The summed E-state index contributed by atoms with van der Waals surface area (Å²) in [6.45, 7) is 4.35. The first-order valence-corrected chi connectivity index (χ1v) is 11.1. The van der Waals surface area contributed by atoms with E-state index >= 15 is 0 Å². The minimum atomic E-state index is -0.694. The molecule has 2 nitrogen and oxygen atoms in total. The molecule has 2 atom stereocenters. The van der Waals surface area contributed by atoms with Crippen molar-refractivity contribution in [3.05, 3.63) is 33.4 Å². The van der Waals surface area contributed by atoms with E-state index in [1.807, 2.05) is 24.3 Å². The molecule has 2 unspecified atom stereocenters. The number of carboxylic acid groups (broad SMARTS) is 1. The lowest BCUT2D eigenvalue weighted by molar-refractivity contribution is -0.140. The Kier molecular flexibility index (Phi) is 12.2. The number of hydrogen-bond acceptors (Lipinski definition) is 1. The number of carboxylic acids is 1. The van der Waals surface area contributed by atoms with Gasteiger partial charge in [-0.1, -0.05) is 90.2 Å². The monoisotopic (exact) mass is 454 g/mol. The van der Waals surface area contributed by atoms with E-state index in [0.29, 0.717) is 0 Å². The third-order valence-corrected chi connectivity index (χ3v) is 5.80. The first-order chi connectivity index (χ1) is 12.1. The molecule has 1 rings (SSSR count). The Morgan fingerprint density at radius 3 is 1.88 bits per heavy atom. The summed E-state index contributed by atoms with van der Waals surface area (Å²) >= 11 is 2.25. The van der Waals surface area contributed by atoms with Gasteiger partial charge in [0.05, 0.1) is 5.92 Å². The maximum absolute atomic E-state index is 11.7. The maximum Gasteiger partial charge on any atom is 0.311 e. The SMILES string of the molecule is CCCCCCCCCCCCC(C)C(C(=O)O)c1ccc([123I])cc1. The summed E-state index contributed by atoms with van der Waals surface area (Å²) < 4.78 is 1.15. The van der Waals surface area contributed by atoms with Crippen LogP contribution in [0.1, 0.15) is 96.0 Å². The summed E-state index contributed by atoms with van der Waals surface area (Å²) in [6, 6.07) is 7.93. The third kappa shape index (κ3) is 9.62. The van der Waals surface area contributed by atoms with Gasteiger partial charge >= 0.3 is 5.97 Å². The topological polar surface area (TPSA) is 37.3 Å². The molecule has 0 saturated carbocycles. The number of carbonyl (C=O) groups is 1. The molecule has 0 fully saturated rings. The van der Waals surface area contributed by atoms with Crippen molar-refractivity contribution in [2.45, 2.75) is 90.4 Å². The molecular weight excluding hydrogens is 419 g/mol. The Balaban J connectivity index is 2.22. The van der Waals surface area contributed by atoms with Gasteiger partial charge in [0.1, 0.15) is 0 Å². The fourth-order valence-corrected chi connectivity index (χ4v) is 3.86. The molecule has 1 N–H and O–H groups in total. The molecule has 0 saturated heterocycles. The van der Waals surface area contributed by atoms with Gasteiger partial charge in [0.2, 0.25) is 0 Å². The molecule has 0 aliphatic carbocycles. The summed E-state index contributed by atoms with van der Waals surface area (Å²) in [7, 11) is 0. The Hall–Kier alpha value is -0.580. The van der Waals surface area contributed by atoms with Crippen molar-refractivity contribution in [3.8, 4) is 0 Å². The first-order valence-electron chi connectivity index (χ1n) is 10.0. The van der Waals surface area contributed by atoms with Crippen molar-refractivity contribution in [3.63, 3.8) is 0 Å². The van der Waals surface area contributed by atoms with Gasteiger partial charge in [-0.25, -0.2) is 0 Å².